The second kappa shape index (κ2) is 6.15. The molecule has 0 amide bonds. The maximum Gasteiger partial charge on any atom is 0.00776 e. The van der Waals surface area contributed by atoms with E-state index >= 15 is 0 Å². The van der Waals surface area contributed by atoms with Crippen LogP contribution in [0.1, 0.15) is 52.9 Å². The Balaban J connectivity index is 2.15. The molecule has 0 aromatic carbocycles. The van der Waals surface area contributed by atoms with Crippen LogP contribution in [-0.2, 0) is 0 Å². The number of hydrogen-bond acceptors (Lipinski definition) is 2. The zero-order valence-electron chi connectivity index (χ0n) is 10.8. The maximum atomic E-state index is 3.73. The summed E-state index contributed by atoms with van der Waals surface area (Å²) < 4.78 is 0. The van der Waals surface area contributed by atoms with E-state index in [1.54, 1.807) is 0 Å². The first kappa shape index (κ1) is 13.4. The topological polar surface area (TPSA) is 12.0 Å². The summed E-state index contributed by atoms with van der Waals surface area (Å²) in [7, 11) is 0. The molecule has 2 heteroatoms. The fourth-order valence-corrected chi connectivity index (χ4v) is 3.02. The van der Waals surface area contributed by atoms with Crippen molar-refractivity contribution in [2.45, 2.75) is 64.2 Å². The van der Waals surface area contributed by atoms with Crippen LogP contribution < -0.4 is 5.32 Å². The van der Waals surface area contributed by atoms with Gasteiger partial charge in [-0.2, -0.15) is 11.8 Å². The highest BCUT2D eigenvalue weighted by Gasteiger charge is 2.21. The minimum atomic E-state index is 0.473. The van der Waals surface area contributed by atoms with Crippen molar-refractivity contribution in [1.29, 1.82) is 0 Å². The standard InChI is InChI=1S/C13H27NS/c1-13(2,3)8-9-14-11-6-5-7-12(10-11)15-4/h11-12,14H,5-10H2,1-4H3. The first-order valence-electron chi connectivity index (χ1n) is 6.27. The van der Waals surface area contributed by atoms with Crippen LogP contribution in [0.2, 0.25) is 0 Å². The molecule has 0 aliphatic heterocycles. The summed E-state index contributed by atoms with van der Waals surface area (Å²) in [6.07, 6.45) is 9.15. The summed E-state index contributed by atoms with van der Waals surface area (Å²) in [6, 6.07) is 0.790. The minimum Gasteiger partial charge on any atom is -0.314 e. The van der Waals surface area contributed by atoms with E-state index in [9.17, 15) is 0 Å². The Bertz CT molecular complexity index is 174. The van der Waals surface area contributed by atoms with Gasteiger partial charge >= 0.3 is 0 Å². The third kappa shape index (κ3) is 5.82. The Kier molecular flexibility index (Phi) is 5.48. The van der Waals surface area contributed by atoms with E-state index in [0.717, 1.165) is 11.3 Å². The molecule has 90 valence electrons. The lowest BCUT2D eigenvalue weighted by atomic mass is 9.91. The van der Waals surface area contributed by atoms with Crippen molar-refractivity contribution in [1.82, 2.24) is 5.32 Å². The van der Waals surface area contributed by atoms with Crippen LogP contribution in [0.4, 0.5) is 0 Å². The summed E-state index contributed by atoms with van der Waals surface area (Å²) in [4.78, 5) is 0. The summed E-state index contributed by atoms with van der Waals surface area (Å²) in [6.45, 7) is 8.15. The molecule has 1 aliphatic rings. The van der Waals surface area contributed by atoms with E-state index in [0.29, 0.717) is 5.41 Å². The van der Waals surface area contributed by atoms with E-state index in [2.05, 4.69) is 32.3 Å². The van der Waals surface area contributed by atoms with Crippen LogP contribution in [0, 0.1) is 5.41 Å². The summed E-state index contributed by atoms with van der Waals surface area (Å²) in [5.41, 5.74) is 0.473. The van der Waals surface area contributed by atoms with Gasteiger partial charge in [-0.15, -0.1) is 0 Å². The third-order valence-corrected chi connectivity index (χ3v) is 4.36. The lowest BCUT2D eigenvalue weighted by Gasteiger charge is -2.30. The van der Waals surface area contributed by atoms with Crippen LogP contribution in [-0.4, -0.2) is 24.1 Å². The normalized spacial score (nSPS) is 28.0. The molecular weight excluding hydrogens is 202 g/mol. The van der Waals surface area contributed by atoms with Crippen molar-refractivity contribution < 1.29 is 0 Å². The molecule has 1 N–H and O–H groups in total. The SMILES string of the molecule is CSC1CCCC(NCCC(C)(C)C)C1. The monoisotopic (exact) mass is 229 g/mol. The average molecular weight is 229 g/mol. The van der Waals surface area contributed by atoms with Gasteiger partial charge in [0, 0.05) is 11.3 Å². The average Bonchev–Trinajstić information content (AvgIpc) is 2.16. The van der Waals surface area contributed by atoms with Gasteiger partial charge in [-0.05, 0) is 43.9 Å². The van der Waals surface area contributed by atoms with Gasteiger partial charge in [-0.1, -0.05) is 27.2 Å². The molecule has 0 spiro atoms. The van der Waals surface area contributed by atoms with E-state index < -0.39 is 0 Å². The summed E-state index contributed by atoms with van der Waals surface area (Å²) in [5.74, 6) is 0. The van der Waals surface area contributed by atoms with Gasteiger partial charge in [0.15, 0.2) is 0 Å². The molecule has 1 saturated carbocycles. The predicted octanol–water partition coefficient (Wildman–Crippen LogP) is 3.69. The number of nitrogens with one attached hydrogen (secondary N) is 1. The molecule has 1 nitrogen and oxygen atoms in total. The van der Waals surface area contributed by atoms with Gasteiger partial charge < -0.3 is 5.32 Å². The minimum absolute atomic E-state index is 0.473. The molecular formula is C13H27NS. The van der Waals surface area contributed by atoms with Crippen LogP contribution in [0.25, 0.3) is 0 Å². The van der Waals surface area contributed by atoms with Gasteiger partial charge in [0.25, 0.3) is 0 Å². The van der Waals surface area contributed by atoms with Crippen molar-refractivity contribution in [2.24, 2.45) is 5.41 Å². The molecule has 2 unspecified atom stereocenters. The van der Waals surface area contributed by atoms with Gasteiger partial charge in [0.1, 0.15) is 0 Å². The Morgan fingerprint density at radius 2 is 2.00 bits per heavy atom. The van der Waals surface area contributed by atoms with Crippen molar-refractivity contribution in [3.05, 3.63) is 0 Å². The lowest BCUT2D eigenvalue weighted by Crippen LogP contribution is -2.36. The quantitative estimate of drug-likeness (QED) is 0.789. The number of rotatable bonds is 4. The Labute approximate surface area is 99.8 Å². The fraction of sp³-hybridized carbons (Fsp3) is 1.00. The van der Waals surface area contributed by atoms with Crippen LogP contribution in [0.3, 0.4) is 0 Å². The predicted molar refractivity (Wildman–Crippen MR) is 71.6 cm³/mol. The van der Waals surface area contributed by atoms with Crippen molar-refractivity contribution in [2.75, 3.05) is 12.8 Å². The van der Waals surface area contributed by atoms with Crippen LogP contribution in [0.5, 0.6) is 0 Å². The van der Waals surface area contributed by atoms with Crippen molar-refractivity contribution >= 4 is 11.8 Å². The van der Waals surface area contributed by atoms with Crippen LogP contribution in [0.15, 0.2) is 0 Å². The highest BCUT2D eigenvalue weighted by Crippen LogP contribution is 2.27. The summed E-state index contributed by atoms with van der Waals surface area (Å²) >= 11 is 2.05. The molecule has 0 bridgehead atoms. The molecule has 0 heterocycles. The maximum absolute atomic E-state index is 3.73. The first-order chi connectivity index (χ1) is 7.01. The highest BCUT2D eigenvalue weighted by atomic mass is 32.2. The molecule has 2 atom stereocenters. The molecule has 1 fully saturated rings. The zero-order chi connectivity index (χ0) is 11.3. The number of thioether (sulfide) groups is 1. The third-order valence-electron chi connectivity index (χ3n) is 3.27. The zero-order valence-corrected chi connectivity index (χ0v) is 11.6. The molecule has 1 rings (SSSR count). The molecule has 0 saturated heterocycles. The van der Waals surface area contributed by atoms with Gasteiger partial charge in [-0.3, -0.25) is 0 Å². The Morgan fingerprint density at radius 3 is 2.60 bits per heavy atom. The molecule has 0 aromatic heterocycles. The summed E-state index contributed by atoms with van der Waals surface area (Å²) in [5, 5.41) is 4.64. The van der Waals surface area contributed by atoms with E-state index in [4.69, 9.17) is 0 Å². The van der Waals surface area contributed by atoms with Gasteiger partial charge in [-0.25, -0.2) is 0 Å². The first-order valence-corrected chi connectivity index (χ1v) is 7.56. The van der Waals surface area contributed by atoms with Crippen molar-refractivity contribution in [3.63, 3.8) is 0 Å². The highest BCUT2D eigenvalue weighted by molar-refractivity contribution is 7.99. The largest absolute Gasteiger partial charge is 0.314 e. The lowest BCUT2D eigenvalue weighted by molar-refractivity contribution is 0.326. The second-order valence-corrected chi connectivity index (χ2v) is 7.12. The Hall–Kier alpha value is 0.310. The van der Waals surface area contributed by atoms with Crippen molar-refractivity contribution in [3.8, 4) is 0 Å². The smallest absolute Gasteiger partial charge is 0.00776 e. The van der Waals surface area contributed by atoms with E-state index in [1.807, 2.05) is 11.8 Å². The van der Waals surface area contributed by atoms with Crippen LogP contribution >= 0.6 is 11.8 Å². The van der Waals surface area contributed by atoms with Gasteiger partial charge in [0.05, 0.1) is 0 Å². The molecule has 15 heavy (non-hydrogen) atoms. The Morgan fingerprint density at radius 1 is 1.27 bits per heavy atom. The number of hydrogen-bond donors (Lipinski definition) is 1. The van der Waals surface area contributed by atoms with Gasteiger partial charge in [0.2, 0.25) is 0 Å². The molecule has 0 radical (unpaired) electrons. The molecule has 1 aliphatic carbocycles. The second-order valence-electron chi connectivity index (χ2n) is 5.99. The fourth-order valence-electron chi connectivity index (χ4n) is 2.20. The van der Waals surface area contributed by atoms with E-state index in [-0.39, 0.29) is 0 Å². The van der Waals surface area contributed by atoms with E-state index in [1.165, 1.54) is 38.6 Å². The molecule has 0 aromatic rings.